The molecule has 1 saturated heterocycles. The molecule has 1 aromatic heterocycles. The molecule has 0 N–H and O–H groups in total. The quantitative estimate of drug-likeness (QED) is 0.776. The van der Waals surface area contributed by atoms with E-state index in [0.717, 1.165) is 0 Å². The van der Waals surface area contributed by atoms with E-state index < -0.39 is 0 Å². The minimum atomic E-state index is -0.305. The Kier molecular flexibility index (Phi) is 5.33. The van der Waals surface area contributed by atoms with Crippen molar-refractivity contribution < 1.29 is 18.7 Å². The molecule has 0 spiro atoms. The first kappa shape index (κ1) is 17.4. The van der Waals surface area contributed by atoms with E-state index in [-0.39, 0.29) is 36.2 Å². The summed E-state index contributed by atoms with van der Waals surface area (Å²) in [7, 11) is 0. The van der Waals surface area contributed by atoms with Crippen LogP contribution in [0.15, 0.2) is 28.7 Å². The predicted molar refractivity (Wildman–Crippen MR) is 89.5 cm³/mol. The molecule has 2 aromatic rings. The lowest BCUT2D eigenvalue weighted by molar-refractivity contribution is -0.153. The van der Waals surface area contributed by atoms with Crippen LogP contribution in [0.25, 0.3) is 11.5 Å². The Balaban J connectivity index is 1.53. The molecule has 132 valence electrons. The van der Waals surface area contributed by atoms with E-state index in [1.54, 1.807) is 17.0 Å². The molecule has 1 fully saturated rings. The molecular formula is C17H18ClN3O4. The molecular weight excluding hydrogens is 346 g/mol. The summed E-state index contributed by atoms with van der Waals surface area (Å²) in [6.45, 7) is 2.60. The van der Waals surface area contributed by atoms with Crippen molar-refractivity contribution in [2.75, 3.05) is 13.1 Å². The Labute approximate surface area is 149 Å². The first-order valence-corrected chi connectivity index (χ1v) is 8.42. The summed E-state index contributed by atoms with van der Waals surface area (Å²) in [6, 6.07) is 7.13. The van der Waals surface area contributed by atoms with Gasteiger partial charge in [0.25, 0.3) is 5.89 Å². The van der Waals surface area contributed by atoms with Crippen molar-refractivity contribution in [2.24, 2.45) is 5.92 Å². The van der Waals surface area contributed by atoms with Gasteiger partial charge in [0.1, 0.15) is 0 Å². The third-order valence-corrected chi connectivity index (χ3v) is 4.51. The maximum absolute atomic E-state index is 12.1. The van der Waals surface area contributed by atoms with E-state index in [1.165, 1.54) is 6.92 Å². The lowest BCUT2D eigenvalue weighted by Crippen LogP contribution is -2.39. The highest BCUT2D eigenvalue weighted by Crippen LogP contribution is 2.26. The summed E-state index contributed by atoms with van der Waals surface area (Å²) in [5, 5.41) is 8.32. The van der Waals surface area contributed by atoms with Crippen molar-refractivity contribution >= 4 is 23.5 Å². The number of likely N-dealkylation sites (tertiary alicyclic amines) is 1. The highest BCUT2D eigenvalue weighted by Gasteiger charge is 2.27. The van der Waals surface area contributed by atoms with Gasteiger partial charge in [-0.2, -0.15) is 0 Å². The summed E-state index contributed by atoms with van der Waals surface area (Å²) < 4.78 is 10.8. The molecule has 0 radical (unpaired) electrons. The number of ether oxygens (including phenoxy) is 1. The Morgan fingerprint density at radius 3 is 2.68 bits per heavy atom. The van der Waals surface area contributed by atoms with Crippen molar-refractivity contribution in [3.63, 3.8) is 0 Å². The van der Waals surface area contributed by atoms with E-state index in [9.17, 15) is 9.59 Å². The van der Waals surface area contributed by atoms with Gasteiger partial charge in [-0.3, -0.25) is 9.59 Å². The number of carbonyl (C=O) groups excluding carboxylic acids is 2. The smallest absolute Gasteiger partial charge is 0.309 e. The third-order valence-electron chi connectivity index (χ3n) is 4.18. The maximum atomic E-state index is 12.1. The average Bonchev–Trinajstić information content (AvgIpc) is 3.09. The zero-order valence-corrected chi connectivity index (χ0v) is 14.5. The molecule has 1 aliphatic rings. The Hall–Kier alpha value is -2.41. The maximum Gasteiger partial charge on any atom is 0.309 e. The van der Waals surface area contributed by atoms with Crippen molar-refractivity contribution in [3.8, 4) is 11.5 Å². The second-order valence-electron chi connectivity index (χ2n) is 5.87. The topological polar surface area (TPSA) is 85.5 Å². The van der Waals surface area contributed by atoms with Crippen LogP contribution in [-0.4, -0.2) is 40.1 Å². The number of hydrogen-bond donors (Lipinski definition) is 0. The molecule has 0 saturated carbocycles. The van der Waals surface area contributed by atoms with Gasteiger partial charge in [0.2, 0.25) is 11.8 Å². The number of nitrogens with zero attached hydrogens (tertiary/aromatic N) is 3. The van der Waals surface area contributed by atoms with Gasteiger partial charge in [0.15, 0.2) is 6.61 Å². The van der Waals surface area contributed by atoms with Crippen LogP contribution in [0.5, 0.6) is 0 Å². The molecule has 1 amide bonds. The fraction of sp³-hybridized carbons (Fsp3) is 0.412. The van der Waals surface area contributed by atoms with Crippen LogP contribution in [0.4, 0.5) is 0 Å². The van der Waals surface area contributed by atoms with Gasteiger partial charge in [-0.1, -0.05) is 23.7 Å². The van der Waals surface area contributed by atoms with Crippen molar-refractivity contribution in [3.05, 3.63) is 35.2 Å². The van der Waals surface area contributed by atoms with Crippen LogP contribution < -0.4 is 0 Å². The number of piperidine rings is 1. The molecule has 0 bridgehead atoms. The SMILES string of the molecule is CC(=O)N1CCC(C(=O)OCc2nnc(-c3ccccc3Cl)o2)CC1. The zero-order valence-electron chi connectivity index (χ0n) is 13.8. The molecule has 2 heterocycles. The number of esters is 1. The molecule has 3 rings (SSSR count). The minimum Gasteiger partial charge on any atom is -0.455 e. The van der Waals surface area contributed by atoms with Crippen LogP contribution in [0.1, 0.15) is 25.7 Å². The van der Waals surface area contributed by atoms with Crippen LogP contribution in [0, 0.1) is 5.92 Å². The molecule has 25 heavy (non-hydrogen) atoms. The molecule has 1 aromatic carbocycles. The van der Waals surface area contributed by atoms with E-state index in [4.69, 9.17) is 20.8 Å². The average molecular weight is 364 g/mol. The Morgan fingerprint density at radius 2 is 2.00 bits per heavy atom. The van der Waals surface area contributed by atoms with Crippen molar-refractivity contribution in [2.45, 2.75) is 26.4 Å². The summed E-state index contributed by atoms with van der Waals surface area (Å²) in [6.07, 6.45) is 1.21. The molecule has 7 nitrogen and oxygen atoms in total. The fourth-order valence-corrected chi connectivity index (χ4v) is 2.95. The van der Waals surface area contributed by atoms with Crippen LogP contribution in [0.2, 0.25) is 5.02 Å². The monoisotopic (exact) mass is 363 g/mol. The van der Waals surface area contributed by atoms with Gasteiger partial charge in [-0.05, 0) is 25.0 Å². The number of benzene rings is 1. The highest BCUT2D eigenvalue weighted by atomic mass is 35.5. The lowest BCUT2D eigenvalue weighted by Gasteiger charge is -2.29. The van der Waals surface area contributed by atoms with Crippen molar-refractivity contribution in [1.29, 1.82) is 0 Å². The van der Waals surface area contributed by atoms with Crippen LogP contribution in [-0.2, 0) is 20.9 Å². The van der Waals surface area contributed by atoms with E-state index in [0.29, 0.717) is 36.5 Å². The molecule has 0 aliphatic carbocycles. The number of rotatable bonds is 4. The summed E-state index contributed by atoms with van der Waals surface area (Å²) in [5.74, 6) is 0.0166. The number of carbonyl (C=O) groups is 2. The zero-order chi connectivity index (χ0) is 17.8. The van der Waals surface area contributed by atoms with E-state index in [1.807, 2.05) is 12.1 Å². The first-order chi connectivity index (χ1) is 12.0. The number of hydrogen-bond acceptors (Lipinski definition) is 6. The Morgan fingerprint density at radius 1 is 1.28 bits per heavy atom. The van der Waals surface area contributed by atoms with Crippen LogP contribution >= 0.6 is 11.6 Å². The van der Waals surface area contributed by atoms with Gasteiger partial charge in [-0.25, -0.2) is 0 Å². The molecule has 0 unspecified atom stereocenters. The standard InChI is InChI=1S/C17H18ClN3O4/c1-11(22)21-8-6-12(7-9-21)17(23)24-10-15-19-20-16(25-15)13-4-2-3-5-14(13)18/h2-5,12H,6-10H2,1H3. The predicted octanol–water partition coefficient (Wildman–Crippen LogP) is 2.69. The van der Waals surface area contributed by atoms with E-state index in [2.05, 4.69) is 10.2 Å². The van der Waals surface area contributed by atoms with Gasteiger partial charge in [0.05, 0.1) is 16.5 Å². The molecule has 1 aliphatic heterocycles. The van der Waals surface area contributed by atoms with Gasteiger partial charge >= 0.3 is 5.97 Å². The highest BCUT2D eigenvalue weighted by molar-refractivity contribution is 6.33. The second-order valence-corrected chi connectivity index (χ2v) is 6.28. The van der Waals surface area contributed by atoms with E-state index >= 15 is 0 Å². The number of aromatic nitrogens is 2. The number of halogens is 1. The minimum absolute atomic E-state index is 0.0322. The normalized spacial score (nSPS) is 15.2. The first-order valence-electron chi connectivity index (χ1n) is 8.04. The largest absolute Gasteiger partial charge is 0.455 e. The van der Waals surface area contributed by atoms with Crippen LogP contribution in [0.3, 0.4) is 0 Å². The molecule has 8 heteroatoms. The lowest BCUT2D eigenvalue weighted by atomic mass is 9.97. The van der Waals surface area contributed by atoms with Crippen molar-refractivity contribution in [1.82, 2.24) is 15.1 Å². The van der Waals surface area contributed by atoms with Gasteiger partial charge in [0, 0.05) is 20.0 Å². The third kappa shape index (κ3) is 4.17. The summed E-state index contributed by atoms with van der Waals surface area (Å²) in [4.78, 5) is 25.2. The Bertz CT molecular complexity index is 769. The molecule has 0 atom stereocenters. The fourth-order valence-electron chi connectivity index (χ4n) is 2.74. The summed E-state index contributed by atoms with van der Waals surface area (Å²) >= 11 is 6.09. The summed E-state index contributed by atoms with van der Waals surface area (Å²) in [5.41, 5.74) is 0.630. The van der Waals surface area contributed by atoms with Gasteiger partial charge < -0.3 is 14.1 Å². The number of amides is 1. The van der Waals surface area contributed by atoms with Gasteiger partial charge in [-0.15, -0.1) is 10.2 Å². The second kappa shape index (κ2) is 7.65.